The maximum absolute atomic E-state index is 13.9. The summed E-state index contributed by atoms with van der Waals surface area (Å²) in [4.78, 5) is 0. The van der Waals surface area contributed by atoms with Crippen LogP contribution >= 0.6 is 11.6 Å². The van der Waals surface area contributed by atoms with E-state index in [4.69, 9.17) is 17.3 Å². The van der Waals surface area contributed by atoms with Crippen LogP contribution < -0.4 is 5.73 Å². The van der Waals surface area contributed by atoms with Crippen LogP contribution in [0.1, 0.15) is 37.7 Å². The molecule has 1 aliphatic carbocycles. The van der Waals surface area contributed by atoms with E-state index in [2.05, 4.69) is 0 Å². The summed E-state index contributed by atoms with van der Waals surface area (Å²) in [6.07, 6.45) is 6.62. The summed E-state index contributed by atoms with van der Waals surface area (Å²) in [6, 6.07) is 5.23. The molecule has 0 unspecified atom stereocenters. The van der Waals surface area contributed by atoms with E-state index in [9.17, 15) is 4.39 Å². The topological polar surface area (TPSA) is 26.0 Å². The van der Waals surface area contributed by atoms with Crippen molar-refractivity contribution in [1.29, 1.82) is 0 Å². The first-order valence-corrected chi connectivity index (χ1v) is 6.68. The lowest BCUT2D eigenvalue weighted by atomic mass is 9.70. The maximum atomic E-state index is 13.9. The number of nitrogens with two attached hydrogens (primary N) is 1. The Morgan fingerprint density at radius 1 is 1.24 bits per heavy atom. The fourth-order valence-corrected chi connectivity index (χ4v) is 3.04. The van der Waals surface area contributed by atoms with Crippen molar-refractivity contribution >= 4 is 11.6 Å². The number of benzene rings is 1. The summed E-state index contributed by atoms with van der Waals surface area (Å²) in [5, 5.41) is 0.213. The molecular formula is C14H19ClFN. The van der Waals surface area contributed by atoms with Gasteiger partial charge in [-0.1, -0.05) is 43.0 Å². The molecule has 1 saturated carbocycles. The summed E-state index contributed by atoms with van der Waals surface area (Å²) in [6.45, 7) is 0.638. The molecule has 0 radical (unpaired) electrons. The molecule has 1 nitrogen and oxygen atoms in total. The monoisotopic (exact) mass is 255 g/mol. The summed E-state index contributed by atoms with van der Waals surface area (Å²) in [5.41, 5.74) is 6.72. The Morgan fingerprint density at radius 2 is 1.94 bits per heavy atom. The van der Waals surface area contributed by atoms with E-state index >= 15 is 0 Å². The minimum atomic E-state index is -0.271. The molecule has 1 aromatic carbocycles. The molecule has 0 atom stereocenters. The van der Waals surface area contributed by atoms with Gasteiger partial charge in [0.2, 0.25) is 0 Å². The molecule has 1 aromatic rings. The average Bonchev–Trinajstić information content (AvgIpc) is 2.36. The Labute approximate surface area is 107 Å². The van der Waals surface area contributed by atoms with Crippen molar-refractivity contribution in [2.45, 2.75) is 38.5 Å². The summed E-state index contributed by atoms with van der Waals surface area (Å²) in [7, 11) is 0. The zero-order chi connectivity index (χ0) is 12.3. The fourth-order valence-electron chi connectivity index (χ4n) is 2.84. The fraction of sp³-hybridized carbons (Fsp3) is 0.571. The molecule has 3 heteroatoms. The second kappa shape index (κ2) is 5.36. The van der Waals surface area contributed by atoms with E-state index in [1.807, 2.05) is 12.1 Å². The average molecular weight is 256 g/mol. The highest BCUT2D eigenvalue weighted by Gasteiger charge is 2.31. The molecule has 0 aliphatic heterocycles. The smallest absolute Gasteiger partial charge is 0.144 e. The Kier molecular flexibility index (Phi) is 4.05. The van der Waals surface area contributed by atoms with E-state index in [0.29, 0.717) is 12.1 Å². The van der Waals surface area contributed by atoms with E-state index in [1.165, 1.54) is 19.3 Å². The Hall–Kier alpha value is -0.600. The molecule has 0 amide bonds. The van der Waals surface area contributed by atoms with Gasteiger partial charge < -0.3 is 5.73 Å². The van der Waals surface area contributed by atoms with Gasteiger partial charge in [-0.2, -0.15) is 0 Å². The lowest BCUT2D eigenvalue weighted by Crippen LogP contribution is -2.35. The van der Waals surface area contributed by atoms with Crippen LogP contribution in [0.5, 0.6) is 0 Å². The number of hydrogen-bond donors (Lipinski definition) is 1. The molecule has 2 N–H and O–H groups in total. The van der Waals surface area contributed by atoms with Crippen molar-refractivity contribution in [2.75, 3.05) is 6.54 Å². The molecule has 0 heterocycles. The third kappa shape index (κ3) is 2.80. The number of halogens is 2. The first-order valence-electron chi connectivity index (χ1n) is 6.30. The molecule has 0 saturated heterocycles. The summed E-state index contributed by atoms with van der Waals surface area (Å²) < 4.78 is 13.9. The molecule has 0 spiro atoms. The van der Waals surface area contributed by atoms with Crippen LogP contribution in [-0.4, -0.2) is 6.54 Å². The van der Waals surface area contributed by atoms with Crippen LogP contribution in [0, 0.1) is 11.2 Å². The second-order valence-electron chi connectivity index (χ2n) is 5.15. The van der Waals surface area contributed by atoms with Gasteiger partial charge in [0.05, 0.1) is 5.02 Å². The summed E-state index contributed by atoms with van der Waals surface area (Å²) in [5.74, 6) is -0.271. The third-order valence-corrected chi connectivity index (χ3v) is 4.24. The number of hydrogen-bond acceptors (Lipinski definition) is 1. The van der Waals surface area contributed by atoms with Crippen LogP contribution in [0.4, 0.5) is 4.39 Å². The highest BCUT2D eigenvalue weighted by atomic mass is 35.5. The van der Waals surface area contributed by atoms with Gasteiger partial charge in [0.1, 0.15) is 5.82 Å². The predicted molar refractivity (Wildman–Crippen MR) is 69.7 cm³/mol. The van der Waals surface area contributed by atoms with E-state index in [0.717, 1.165) is 19.3 Å². The van der Waals surface area contributed by atoms with Gasteiger partial charge in [0.25, 0.3) is 0 Å². The first-order chi connectivity index (χ1) is 8.17. The Bertz CT molecular complexity index is 386. The van der Waals surface area contributed by atoms with Crippen molar-refractivity contribution in [1.82, 2.24) is 0 Å². The lowest BCUT2D eigenvalue weighted by molar-refractivity contribution is 0.195. The minimum absolute atomic E-state index is 0.0871. The molecule has 17 heavy (non-hydrogen) atoms. The Balaban J connectivity index is 2.20. The van der Waals surface area contributed by atoms with Gasteiger partial charge in [0.15, 0.2) is 0 Å². The van der Waals surface area contributed by atoms with Crippen LogP contribution in [-0.2, 0) is 6.42 Å². The molecule has 2 rings (SSSR count). The SMILES string of the molecule is NCC1(Cc2cccc(Cl)c2F)CCCCC1. The zero-order valence-electron chi connectivity index (χ0n) is 10.0. The second-order valence-corrected chi connectivity index (χ2v) is 5.56. The van der Waals surface area contributed by atoms with Crippen LogP contribution in [0.15, 0.2) is 18.2 Å². The van der Waals surface area contributed by atoms with Crippen molar-refractivity contribution in [3.05, 3.63) is 34.6 Å². The molecule has 94 valence electrons. The Morgan fingerprint density at radius 3 is 2.59 bits per heavy atom. The van der Waals surface area contributed by atoms with Crippen molar-refractivity contribution in [3.8, 4) is 0 Å². The van der Waals surface area contributed by atoms with Crippen LogP contribution in [0.25, 0.3) is 0 Å². The number of rotatable bonds is 3. The minimum Gasteiger partial charge on any atom is -0.330 e. The zero-order valence-corrected chi connectivity index (χ0v) is 10.8. The van der Waals surface area contributed by atoms with Gasteiger partial charge in [-0.3, -0.25) is 0 Å². The lowest BCUT2D eigenvalue weighted by Gasteiger charge is -2.36. The van der Waals surface area contributed by atoms with Gasteiger partial charge in [-0.25, -0.2) is 4.39 Å². The summed E-state index contributed by atoms with van der Waals surface area (Å²) >= 11 is 5.81. The molecule has 0 aromatic heterocycles. The van der Waals surface area contributed by atoms with Gasteiger partial charge in [-0.05, 0) is 42.9 Å². The largest absolute Gasteiger partial charge is 0.330 e. The standard InChI is InChI=1S/C14H19ClFN/c15-12-6-4-5-11(13(12)16)9-14(10-17)7-2-1-3-8-14/h4-6H,1-3,7-10,17H2. The highest BCUT2D eigenvalue weighted by Crippen LogP contribution is 2.39. The highest BCUT2D eigenvalue weighted by molar-refractivity contribution is 6.30. The van der Waals surface area contributed by atoms with Gasteiger partial charge in [-0.15, -0.1) is 0 Å². The normalized spacial score (nSPS) is 19.2. The van der Waals surface area contributed by atoms with E-state index in [-0.39, 0.29) is 16.3 Å². The van der Waals surface area contributed by atoms with Crippen molar-refractivity contribution < 1.29 is 4.39 Å². The van der Waals surface area contributed by atoms with Crippen LogP contribution in [0.3, 0.4) is 0 Å². The van der Waals surface area contributed by atoms with Gasteiger partial charge in [0, 0.05) is 0 Å². The van der Waals surface area contributed by atoms with E-state index < -0.39 is 0 Å². The predicted octanol–water partition coefficient (Wildman–Crippen LogP) is 3.93. The quantitative estimate of drug-likeness (QED) is 0.870. The van der Waals surface area contributed by atoms with E-state index in [1.54, 1.807) is 6.07 Å². The van der Waals surface area contributed by atoms with Gasteiger partial charge >= 0.3 is 0 Å². The maximum Gasteiger partial charge on any atom is 0.144 e. The third-order valence-electron chi connectivity index (χ3n) is 3.94. The molecular weight excluding hydrogens is 237 g/mol. The van der Waals surface area contributed by atoms with Crippen molar-refractivity contribution in [2.24, 2.45) is 11.1 Å². The van der Waals surface area contributed by atoms with Crippen LogP contribution in [0.2, 0.25) is 5.02 Å². The first kappa shape index (κ1) is 12.8. The molecule has 0 bridgehead atoms. The molecule has 1 fully saturated rings. The van der Waals surface area contributed by atoms with Crippen molar-refractivity contribution in [3.63, 3.8) is 0 Å². The molecule has 1 aliphatic rings.